The van der Waals surface area contributed by atoms with Gasteiger partial charge in [-0.05, 0) is 36.8 Å². The number of methoxy groups -OCH3 is 2. The van der Waals surface area contributed by atoms with Gasteiger partial charge in [0.1, 0.15) is 17.1 Å². The van der Waals surface area contributed by atoms with E-state index < -0.39 is 29.4 Å². The number of ether oxygens (including phenoxy) is 3. The van der Waals surface area contributed by atoms with Crippen molar-refractivity contribution in [2.75, 3.05) is 43.0 Å². The number of hydrogen-bond donors (Lipinski definition) is 2. The first-order chi connectivity index (χ1) is 20.6. The Hall–Kier alpha value is -4.50. The van der Waals surface area contributed by atoms with Crippen molar-refractivity contribution in [1.82, 2.24) is 9.97 Å². The number of morpholine rings is 1. The van der Waals surface area contributed by atoms with E-state index in [1.807, 2.05) is 0 Å². The lowest BCUT2D eigenvalue weighted by Crippen LogP contribution is -2.64. The Morgan fingerprint density at radius 2 is 1.81 bits per heavy atom. The topological polar surface area (TPSA) is 115 Å². The first-order valence-corrected chi connectivity index (χ1v) is 13.8. The van der Waals surface area contributed by atoms with Crippen LogP contribution in [0.25, 0.3) is 10.2 Å². The maximum absolute atomic E-state index is 13.8. The number of pyridine rings is 1. The van der Waals surface area contributed by atoms with Gasteiger partial charge in [0.15, 0.2) is 5.13 Å². The van der Waals surface area contributed by atoms with Gasteiger partial charge >= 0.3 is 6.18 Å². The SMILES string of the molecule is COc1cc(C(=O)Nc2ccc(F)c(C(F)(F)F)c2)c(NC(=O)c2c(OC)ccc3nc(N4C5COCC4C5)sc23)cn1. The fraction of sp³-hybridized carbons (Fsp3) is 0.286. The average Bonchev–Trinajstić information content (AvgIpc) is 3.40. The van der Waals surface area contributed by atoms with Crippen LogP contribution in [-0.4, -0.2) is 61.3 Å². The van der Waals surface area contributed by atoms with E-state index in [0.29, 0.717) is 35.6 Å². The quantitative estimate of drug-likeness (QED) is 0.267. The van der Waals surface area contributed by atoms with Crippen molar-refractivity contribution in [2.24, 2.45) is 0 Å². The lowest BCUT2D eigenvalue weighted by atomic mass is 9.92. The molecule has 2 N–H and O–H groups in total. The zero-order valence-electron chi connectivity index (χ0n) is 22.6. The van der Waals surface area contributed by atoms with Crippen molar-refractivity contribution in [3.63, 3.8) is 0 Å². The van der Waals surface area contributed by atoms with Gasteiger partial charge < -0.3 is 29.7 Å². The van der Waals surface area contributed by atoms with E-state index in [1.54, 1.807) is 12.1 Å². The number of aromatic nitrogens is 2. The van der Waals surface area contributed by atoms with E-state index in [4.69, 9.17) is 19.2 Å². The molecule has 0 aliphatic carbocycles. The standard InChI is InChI=1S/C28H23F4N5O5S/c1-40-21-6-5-19-24(43-27(36-19)37-14-8-15(37)12-42-11-14)23(21)26(39)35-20-10-33-22(41-2)9-16(20)25(38)34-13-3-4-18(29)17(7-13)28(30,31)32/h3-7,9-10,14-15H,8,11-12H2,1-2H3,(H,34,38)(H,35,39). The summed E-state index contributed by atoms with van der Waals surface area (Å²) in [6.45, 7) is 1.21. The predicted molar refractivity (Wildman–Crippen MR) is 150 cm³/mol. The number of carbonyl (C=O) groups excluding carboxylic acids is 2. The number of thiazole rings is 1. The summed E-state index contributed by atoms with van der Waals surface area (Å²) >= 11 is 1.34. The van der Waals surface area contributed by atoms with Crippen LogP contribution in [0.3, 0.4) is 0 Å². The molecule has 2 aliphatic heterocycles. The van der Waals surface area contributed by atoms with Crippen LogP contribution in [0.4, 0.5) is 34.1 Å². The molecule has 15 heteroatoms. The van der Waals surface area contributed by atoms with Crippen LogP contribution < -0.4 is 25.0 Å². The summed E-state index contributed by atoms with van der Waals surface area (Å²) in [5.41, 5.74) is -1.30. The van der Waals surface area contributed by atoms with E-state index in [2.05, 4.69) is 20.5 Å². The summed E-state index contributed by atoms with van der Waals surface area (Å²) < 4.78 is 70.1. The van der Waals surface area contributed by atoms with Gasteiger partial charge in [0.05, 0.1) is 72.7 Å². The number of halogens is 4. The maximum Gasteiger partial charge on any atom is 0.419 e. The number of amides is 2. The highest BCUT2D eigenvalue weighted by atomic mass is 32.1. The van der Waals surface area contributed by atoms with Crippen LogP contribution >= 0.6 is 11.3 Å². The van der Waals surface area contributed by atoms with Crippen LogP contribution in [0.1, 0.15) is 32.7 Å². The number of rotatable bonds is 7. The molecule has 0 radical (unpaired) electrons. The van der Waals surface area contributed by atoms with Gasteiger partial charge in [0.25, 0.3) is 11.8 Å². The Bertz CT molecular complexity index is 1730. The smallest absolute Gasteiger partial charge is 0.419 e. The van der Waals surface area contributed by atoms with Gasteiger partial charge in [0, 0.05) is 11.8 Å². The number of benzene rings is 2. The Balaban J connectivity index is 1.32. The van der Waals surface area contributed by atoms with Gasteiger partial charge in [-0.25, -0.2) is 14.4 Å². The molecule has 4 aromatic rings. The average molecular weight is 618 g/mol. The van der Waals surface area contributed by atoms with Crippen molar-refractivity contribution >= 4 is 49.9 Å². The van der Waals surface area contributed by atoms with Crippen LogP contribution in [0, 0.1) is 5.82 Å². The molecule has 2 atom stereocenters. The second-order valence-corrected chi connectivity index (χ2v) is 10.8. The zero-order valence-corrected chi connectivity index (χ0v) is 23.4. The molecular formula is C28H23F4N5O5S. The molecule has 2 bridgehead atoms. The monoisotopic (exact) mass is 617 g/mol. The van der Waals surface area contributed by atoms with Crippen LogP contribution in [0.5, 0.6) is 11.6 Å². The highest BCUT2D eigenvalue weighted by molar-refractivity contribution is 7.22. The first-order valence-electron chi connectivity index (χ1n) is 12.9. The number of carbonyl (C=O) groups is 2. The Labute approximate surface area is 245 Å². The van der Waals surface area contributed by atoms with Crippen LogP contribution in [-0.2, 0) is 10.9 Å². The van der Waals surface area contributed by atoms with Crippen LogP contribution in [0.15, 0.2) is 42.6 Å². The minimum Gasteiger partial charge on any atom is -0.496 e. The number of anilines is 3. The van der Waals surface area contributed by atoms with Crippen LogP contribution in [0.2, 0.25) is 0 Å². The highest BCUT2D eigenvalue weighted by Crippen LogP contribution is 2.42. The molecule has 2 amide bonds. The Kier molecular flexibility index (Phi) is 7.30. The van der Waals surface area contributed by atoms with E-state index >= 15 is 0 Å². The van der Waals surface area contributed by atoms with Gasteiger partial charge in [-0.15, -0.1) is 0 Å². The third kappa shape index (κ3) is 5.29. The second kappa shape index (κ2) is 11.0. The largest absolute Gasteiger partial charge is 0.496 e. The third-order valence-electron chi connectivity index (χ3n) is 7.24. The second-order valence-electron chi connectivity index (χ2n) is 9.85. The molecule has 43 heavy (non-hydrogen) atoms. The molecule has 0 saturated carbocycles. The molecule has 2 unspecified atom stereocenters. The Morgan fingerprint density at radius 3 is 2.49 bits per heavy atom. The van der Waals surface area contributed by atoms with Crippen molar-refractivity contribution in [3.05, 3.63) is 65.1 Å². The van der Waals surface area contributed by atoms with E-state index in [-0.39, 0.29) is 46.2 Å². The van der Waals surface area contributed by atoms with Gasteiger partial charge in [-0.3, -0.25) is 9.59 Å². The molecule has 2 aromatic carbocycles. The molecule has 2 saturated heterocycles. The number of alkyl halides is 3. The minimum absolute atomic E-state index is 0.00842. The Morgan fingerprint density at radius 1 is 1.05 bits per heavy atom. The fourth-order valence-corrected chi connectivity index (χ4v) is 6.39. The summed E-state index contributed by atoms with van der Waals surface area (Å²) in [6, 6.07) is 7.10. The molecule has 10 nitrogen and oxygen atoms in total. The van der Waals surface area contributed by atoms with E-state index in [0.717, 1.165) is 17.6 Å². The number of nitrogens with one attached hydrogen (secondary N) is 2. The summed E-state index contributed by atoms with van der Waals surface area (Å²) in [7, 11) is 2.73. The summed E-state index contributed by atoms with van der Waals surface area (Å²) in [5, 5.41) is 5.74. The zero-order chi connectivity index (χ0) is 30.5. The molecule has 224 valence electrons. The number of fused-ring (bicyclic) bond motifs is 3. The fourth-order valence-electron chi connectivity index (χ4n) is 5.15. The van der Waals surface area contributed by atoms with Crippen molar-refractivity contribution in [1.29, 1.82) is 0 Å². The van der Waals surface area contributed by atoms with Crippen molar-refractivity contribution in [2.45, 2.75) is 24.7 Å². The predicted octanol–water partition coefficient (Wildman–Crippen LogP) is 5.35. The van der Waals surface area contributed by atoms with Crippen molar-refractivity contribution < 1.29 is 41.4 Å². The van der Waals surface area contributed by atoms with E-state index in [9.17, 15) is 27.2 Å². The maximum atomic E-state index is 13.8. The highest BCUT2D eigenvalue weighted by Gasteiger charge is 2.44. The molecule has 2 fully saturated rings. The first kappa shape index (κ1) is 28.6. The molecule has 2 aliphatic rings. The number of nitrogens with zero attached hydrogens (tertiary/aromatic N) is 3. The third-order valence-corrected chi connectivity index (χ3v) is 8.34. The van der Waals surface area contributed by atoms with Gasteiger partial charge in [-0.2, -0.15) is 13.2 Å². The summed E-state index contributed by atoms with van der Waals surface area (Å²) in [5.74, 6) is -2.73. The van der Waals surface area contributed by atoms with E-state index in [1.165, 1.54) is 37.8 Å². The molecular weight excluding hydrogens is 594 g/mol. The van der Waals surface area contributed by atoms with Crippen molar-refractivity contribution in [3.8, 4) is 11.6 Å². The number of hydrogen-bond acceptors (Lipinski definition) is 9. The summed E-state index contributed by atoms with van der Waals surface area (Å²) in [4.78, 5) is 38.0. The van der Waals surface area contributed by atoms with Gasteiger partial charge in [0.2, 0.25) is 5.88 Å². The molecule has 4 heterocycles. The lowest BCUT2D eigenvalue weighted by Gasteiger charge is -2.52. The molecule has 0 spiro atoms. The molecule has 6 rings (SSSR count). The van der Waals surface area contributed by atoms with Gasteiger partial charge in [-0.1, -0.05) is 11.3 Å². The lowest BCUT2D eigenvalue weighted by molar-refractivity contribution is -0.139. The molecule has 2 aromatic heterocycles. The summed E-state index contributed by atoms with van der Waals surface area (Å²) in [6.07, 6.45) is -2.77. The minimum atomic E-state index is -4.97. The normalized spacial score (nSPS) is 17.8.